The largest absolute Gasteiger partial charge is 0.361 e. The van der Waals surface area contributed by atoms with Crippen LogP contribution in [0.3, 0.4) is 0 Å². The van der Waals surface area contributed by atoms with Gasteiger partial charge in [0.05, 0.1) is 6.04 Å². The number of benzene rings is 2. The molecule has 3 rings (SSSR count). The third kappa shape index (κ3) is 3.27. The van der Waals surface area contributed by atoms with Crippen LogP contribution in [0.25, 0.3) is 10.9 Å². The normalized spacial score (nSPS) is 12.3. The maximum Gasteiger partial charge on any atom is 0.237 e. The molecule has 3 N–H and O–H groups in total. The molecule has 1 heterocycles. The molecule has 0 fully saturated rings. The topological polar surface area (TPSA) is 62.1 Å². The third-order valence-corrected chi connectivity index (χ3v) is 4.27. The Bertz CT molecular complexity index is 794. The number of aromatic nitrogens is 1. The van der Waals surface area contributed by atoms with Gasteiger partial charge in [-0.2, -0.15) is 0 Å². The first-order valence-corrected chi connectivity index (χ1v) is 7.83. The van der Waals surface area contributed by atoms with Crippen molar-refractivity contribution in [3.8, 4) is 0 Å². The second kappa shape index (κ2) is 6.67. The minimum absolute atomic E-state index is 0.0494. The molecule has 1 aromatic heterocycles. The summed E-state index contributed by atoms with van der Waals surface area (Å²) < 4.78 is 0. The fraction of sp³-hybridized carbons (Fsp3) is 0.211. The van der Waals surface area contributed by atoms with Crippen LogP contribution in [-0.2, 0) is 11.2 Å². The van der Waals surface area contributed by atoms with E-state index in [0.29, 0.717) is 12.8 Å². The van der Waals surface area contributed by atoms with Gasteiger partial charge in [-0.05, 0) is 30.5 Å². The average molecular weight is 307 g/mol. The number of aromatic amines is 1. The van der Waals surface area contributed by atoms with E-state index in [0.717, 1.165) is 16.6 Å². The van der Waals surface area contributed by atoms with Crippen molar-refractivity contribution in [2.24, 2.45) is 5.84 Å². The number of hydrogen-bond donors (Lipinski definition) is 2. The predicted molar refractivity (Wildman–Crippen MR) is 92.5 cm³/mol. The van der Waals surface area contributed by atoms with Gasteiger partial charge < -0.3 is 4.98 Å². The van der Waals surface area contributed by atoms with E-state index in [4.69, 9.17) is 5.84 Å². The lowest BCUT2D eigenvalue weighted by molar-refractivity contribution is -0.133. The van der Waals surface area contributed by atoms with Gasteiger partial charge in [0.25, 0.3) is 0 Å². The average Bonchev–Trinajstić information content (AvgIpc) is 3.02. The van der Waals surface area contributed by atoms with Gasteiger partial charge in [0.2, 0.25) is 5.91 Å². The molecule has 0 spiro atoms. The fourth-order valence-corrected chi connectivity index (χ4v) is 2.82. The number of para-hydroxylation sites is 1. The van der Waals surface area contributed by atoms with Gasteiger partial charge >= 0.3 is 0 Å². The quantitative estimate of drug-likeness (QED) is 0.430. The Kier molecular flexibility index (Phi) is 4.44. The molecular formula is C19H21N3O. The van der Waals surface area contributed by atoms with E-state index >= 15 is 0 Å². The van der Waals surface area contributed by atoms with E-state index in [2.05, 4.69) is 11.1 Å². The smallest absolute Gasteiger partial charge is 0.237 e. The van der Waals surface area contributed by atoms with E-state index in [1.54, 1.807) is 0 Å². The van der Waals surface area contributed by atoms with Crippen molar-refractivity contribution in [3.05, 3.63) is 71.9 Å². The van der Waals surface area contributed by atoms with Crippen molar-refractivity contribution >= 4 is 16.8 Å². The van der Waals surface area contributed by atoms with Crippen LogP contribution in [0.2, 0.25) is 0 Å². The van der Waals surface area contributed by atoms with Crippen LogP contribution in [0.1, 0.15) is 30.5 Å². The monoisotopic (exact) mass is 307 g/mol. The minimum atomic E-state index is -0.133. The Morgan fingerprint density at radius 3 is 2.61 bits per heavy atom. The van der Waals surface area contributed by atoms with Gasteiger partial charge in [0.15, 0.2) is 0 Å². The van der Waals surface area contributed by atoms with Gasteiger partial charge in [-0.1, -0.05) is 48.5 Å². The molecule has 1 unspecified atom stereocenters. The maximum atomic E-state index is 12.4. The molecule has 4 heteroatoms. The number of rotatable bonds is 5. The molecule has 2 aromatic carbocycles. The highest BCUT2D eigenvalue weighted by Crippen LogP contribution is 2.21. The van der Waals surface area contributed by atoms with E-state index < -0.39 is 0 Å². The SMILES string of the molecule is CC(c1ccccc1)N(N)C(=O)CCc1c[nH]c2ccccc12. The highest BCUT2D eigenvalue weighted by molar-refractivity contribution is 5.84. The minimum Gasteiger partial charge on any atom is -0.361 e. The Morgan fingerprint density at radius 1 is 1.13 bits per heavy atom. The number of nitrogens with two attached hydrogens (primary N) is 1. The van der Waals surface area contributed by atoms with Crippen molar-refractivity contribution in [3.63, 3.8) is 0 Å². The maximum absolute atomic E-state index is 12.4. The zero-order valence-corrected chi connectivity index (χ0v) is 13.2. The molecule has 118 valence electrons. The van der Waals surface area contributed by atoms with Crippen molar-refractivity contribution in [1.29, 1.82) is 0 Å². The van der Waals surface area contributed by atoms with Gasteiger partial charge in [-0.15, -0.1) is 0 Å². The van der Waals surface area contributed by atoms with Crippen LogP contribution in [-0.4, -0.2) is 15.9 Å². The molecule has 0 saturated heterocycles. The lowest BCUT2D eigenvalue weighted by atomic mass is 10.1. The van der Waals surface area contributed by atoms with Crippen LogP contribution < -0.4 is 5.84 Å². The number of carbonyl (C=O) groups excluding carboxylic acids is 1. The van der Waals surface area contributed by atoms with Crippen LogP contribution in [0.15, 0.2) is 60.8 Å². The number of carbonyl (C=O) groups is 1. The third-order valence-electron chi connectivity index (χ3n) is 4.27. The highest BCUT2D eigenvalue weighted by Gasteiger charge is 2.18. The summed E-state index contributed by atoms with van der Waals surface area (Å²) in [5.41, 5.74) is 3.28. The number of H-pyrrole nitrogens is 1. The van der Waals surface area contributed by atoms with Gasteiger partial charge in [-0.3, -0.25) is 9.80 Å². The van der Waals surface area contributed by atoms with E-state index in [1.165, 1.54) is 10.4 Å². The lowest BCUT2D eigenvalue weighted by Gasteiger charge is -2.24. The second-order valence-corrected chi connectivity index (χ2v) is 5.75. The summed E-state index contributed by atoms with van der Waals surface area (Å²) in [4.78, 5) is 15.6. The van der Waals surface area contributed by atoms with Crippen LogP contribution >= 0.6 is 0 Å². The van der Waals surface area contributed by atoms with Crippen molar-refractivity contribution in [2.75, 3.05) is 0 Å². The van der Waals surface area contributed by atoms with Crippen LogP contribution in [0.4, 0.5) is 0 Å². The predicted octanol–water partition coefficient (Wildman–Crippen LogP) is 3.56. The summed E-state index contributed by atoms with van der Waals surface area (Å²) in [6, 6.07) is 17.8. The first kappa shape index (κ1) is 15.3. The van der Waals surface area contributed by atoms with Crippen molar-refractivity contribution < 1.29 is 4.79 Å². The summed E-state index contributed by atoms with van der Waals surface area (Å²) in [6.07, 6.45) is 3.05. The zero-order valence-electron chi connectivity index (χ0n) is 13.2. The Morgan fingerprint density at radius 2 is 1.83 bits per heavy atom. The molecule has 4 nitrogen and oxygen atoms in total. The Labute approximate surface area is 135 Å². The molecular weight excluding hydrogens is 286 g/mol. The molecule has 0 saturated carbocycles. The number of nitrogens with zero attached hydrogens (tertiary/aromatic N) is 1. The first-order valence-electron chi connectivity index (χ1n) is 7.83. The molecule has 0 radical (unpaired) electrons. The van der Waals surface area contributed by atoms with Crippen LogP contribution in [0.5, 0.6) is 0 Å². The summed E-state index contributed by atoms with van der Waals surface area (Å²) in [7, 11) is 0. The number of amides is 1. The Balaban J connectivity index is 1.65. The van der Waals surface area contributed by atoms with E-state index in [9.17, 15) is 4.79 Å². The summed E-state index contributed by atoms with van der Waals surface area (Å²) in [5.74, 6) is 5.97. The molecule has 0 aliphatic rings. The van der Waals surface area contributed by atoms with E-state index in [1.807, 2.05) is 61.7 Å². The summed E-state index contributed by atoms with van der Waals surface area (Å²) in [6.45, 7) is 1.94. The van der Waals surface area contributed by atoms with Crippen molar-refractivity contribution in [2.45, 2.75) is 25.8 Å². The number of aryl methyl sites for hydroxylation is 1. The van der Waals surface area contributed by atoms with Gasteiger partial charge in [-0.25, -0.2) is 5.84 Å². The number of hydrazine groups is 1. The Hall–Kier alpha value is -2.59. The summed E-state index contributed by atoms with van der Waals surface area (Å²) in [5, 5.41) is 2.50. The van der Waals surface area contributed by atoms with Gasteiger partial charge in [0.1, 0.15) is 0 Å². The molecule has 1 amide bonds. The van der Waals surface area contributed by atoms with Crippen LogP contribution in [0, 0.1) is 0 Å². The fourth-order valence-electron chi connectivity index (χ4n) is 2.82. The standard InChI is InChI=1S/C19H21N3O/c1-14(15-7-3-2-4-8-15)22(20)19(23)12-11-16-13-21-18-10-6-5-9-17(16)18/h2-10,13-14,21H,11-12,20H2,1H3. The van der Waals surface area contributed by atoms with Crippen molar-refractivity contribution in [1.82, 2.24) is 9.99 Å². The molecule has 0 aliphatic heterocycles. The number of nitrogens with one attached hydrogen (secondary N) is 1. The first-order chi connectivity index (χ1) is 11.2. The lowest BCUT2D eigenvalue weighted by Crippen LogP contribution is -2.39. The molecule has 0 aliphatic carbocycles. The highest BCUT2D eigenvalue weighted by atomic mass is 16.2. The summed E-state index contributed by atoms with van der Waals surface area (Å²) >= 11 is 0. The van der Waals surface area contributed by atoms with Gasteiger partial charge in [0, 0.05) is 23.5 Å². The second-order valence-electron chi connectivity index (χ2n) is 5.75. The molecule has 23 heavy (non-hydrogen) atoms. The zero-order chi connectivity index (χ0) is 16.2. The number of hydrogen-bond acceptors (Lipinski definition) is 2. The number of fused-ring (bicyclic) bond motifs is 1. The molecule has 3 aromatic rings. The molecule has 1 atom stereocenters. The van der Waals surface area contributed by atoms with E-state index in [-0.39, 0.29) is 11.9 Å². The molecule has 0 bridgehead atoms.